The van der Waals surface area contributed by atoms with Crippen molar-refractivity contribution in [3.8, 4) is 39.9 Å². The summed E-state index contributed by atoms with van der Waals surface area (Å²) in [5.41, 5.74) is 7.58. The Labute approximate surface area is 290 Å². The van der Waals surface area contributed by atoms with Gasteiger partial charge in [-0.2, -0.15) is 0 Å². The number of aromatic nitrogens is 4. The van der Waals surface area contributed by atoms with E-state index in [4.69, 9.17) is 15.0 Å². The number of allylic oxidation sites excluding steroid dienone is 4. The Balaban J connectivity index is 1.06. The van der Waals surface area contributed by atoms with Crippen LogP contribution in [0.5, 0.6) is 0 Å². The summed E-state index contributed by atoms with van der Waals surface area (Å²) in [5, 5.41) is 2.50. The van der Waals surface area contributed by atoms with Crippen LogP contribution < -0.4 is 4.90 Å². The Morgan fingerprint density at radius 3 is 1.48 bits per heavy atom. The summed E-state index contributed by atoms with van der Waals surface area (Å²) in [6.07, 6.45) is 18.4. The molecule has 0 amide bonds. The van der Waals surface area contributed by atoms with Gasteiger partial charge >= 0.3 is 0 Å². The minimum Gasteiger partial charge on any atom is -0.357 e. The molecule has 10 rings (SSSR count). The van der Waals surface area contributed by atoms with Crippen LogP contribution in [0.2, 0.25) is 0 Å². The van der Waals surface area contributed by atoms with Gasteiger partial charge in [-0.15, -0.1) is 0 Å². The Morgan fingerprint density at radius 1 is 0.400 bits per heavy atom. The third kappa shape index (κ3) is 4.66. The monoisotopic (exact) mass is 643 g/mol. The second-order valence-electron chi connectivity index (χ2n) is 13.2. The van der Waals surface area contributed by atoms with Crippen LogP contribution in [0, 0.1) is 11.8 Å². The van der Waals surface area contributed by atoms with Crippen molar-refractivity contribution in [3.63, 3.8) is 0 Å². The van der Waals surface area contributed by atoms with Crippen LogP contribution in [0.1, 0.15) is 0 Å². The second-order valence-corrected chi connectivity index (χ2v) is 13.2. The third-order valence-corrected chi connectivity index (χ3v) is 10.4. The molecule has 0 N–H and O–H groups in total. The molecule has 1 aliphatic heterocycles. The fourth-order valence-corrected chi connectivity index (χ4v) is 8.13. The van der Waals surface area contributed by atoms with Crippen molar-refractivity contribution in [2.75, 3.05) is 4.90 Å². The summed E-state index contributed by atoms with van der Waals surface area (Å²) in [6, 6.07) is 45.2. The van der Waals surface area contributed by atoms with Crippen LogP contribution in [-0.2, 0) is 0 Å². The van der Waals surface area contributed by atoms with Crippen molar-refractivity contribution in [1.29, 1.82) is 0 Å². The highest BCUT2D eigenvalue weighted by Crippen LogP contribution is 2.45. The zero-order chi connectivity index (χ0) is 33.0. The summed E-state index contributed by atoms with van der Waals surface area (Å²) in [7, 11) is 0. The Morgan fingerprint density at radius 2 is 0.880 bits per heavy atom. The number of anilines is 1. The molecule has 3 heterocycles. The average Bonchev–Trinajstić information content (AvgIpc) is 3.71. The van der Waals surface area contributed by atoms with Gasteiger partial charge in [-0.05, 0) is 48.5 Å². The molecule has 0 spiro atoms. The molecule has 0 radical (unpaired) electrons. The largest absolute Gasteiger partial charge is 0.357 e. The lowest BCUT2D eigenvalue weighted by atomic mass is 9.83. The van der Waals surface area contributed by atoms with Crippen molar-refractivity contribution < 1.29 is 0 Å². The van der Waals surface area contributed by atoms with Crippen molar-refractivity contribution in [2.45, 2.75) is 12.1 Å². The van der Waals surface area contributed by atoms with Crippen LogP contribution in [0.4, 0.5) is 5.69 Å². The highest BCUT2D eigenvalue weighted by molar-refractivity contribution is 6.10. The summed E-state index contributed by atoms with van der Waals surface area (Å²) < 4.78 is 2.37. The maximum atomic E-state index is 4.94. The smallest absolute Gasteiger partial charge is 0.164 e. The molecule has 50 heavy (non-hydrogen) atoms. The zero-order valence-electron chi connectivity index (χ0n) is 27.3. The maximum Gasteiger partial charge on any atom is 0.164 e. The van der Waals surface area contributed by atoms with Gasteiger partial charge in [0.15, 0.2) is 17.5 Å². The van der Waals surface area contributed by atoms with Crippen molar-refractivity contribution in [2.24, 2.45) is 11.8 Å². The van der Waals surface area contributed by atoms with Gasteiger partial charge in [0.1, 0.15) is 0 Å². The first kappa shape index (κ1) is 28.7. The predicted molar refractivity (Wildman–Crippen MR) is 204 cm³/mol. The van der Waals surface area contributed by atoms with Crippen LogP contribution >= 0.6 is 0 Å². The van der Waals surface area contributed by atoms with Gasteiger partial charge in [0.25, 0.3) is 0 Å². The number of hydrogen-bond acceptors (Lipinski definition) is 4. The van der Waals surface area contributed by atoms with Crippen molar-refractivity contribution >= 4 is 27.5 Å². The van der Waals surface area contributed by atoms with E-state index in [0.717, 1.165) is 22.4 Å². The van der Waals surface area contributed by atoms with Gasteiger partial charge in [-0.3, -0.25) is 0 Å². The number of nitrogens with zero attached hydrogens (tertiary/aromatic N) is 5. The molecule has 0 saturated carbocycles. The zero-order valence-corrected chi connectivity index (χ0v) is 27.3. The van der Waals surface area contributed by atoms with Crippen LogP contribution in [0.3, 0.4) is 0 Å². The molecule has 5 aromatic carbocycles. The molecule has 5 nitrogen and oxygen atoms in total. The molecular weight excluding hydrogens is 611 g/mol. The highest BCUT2D eigenvalue weighted by atomic mass is 15.2. The number of hydrogen-bond donors (Lipinski definition) is 0. The molecule has 2 aliphatic carbocycles. The van der Waals surface area contributed by atoms with Crippen LogP contribution in [-0.4, -0.2) is 31.6 Å². The first-order chi connectivity index (χ1) is 24.8. The van der Waals surface area contributed by atoms with Crippen LogP contribution in [0.15, 0.2) is 176 Å². The van der Waals surface area contributed by atoms with Gasteiger partial charge in [-0.25, -0.2) is 15.0 Å². The fraction of sp³-hybridized carbons (Fsp3) is 0.0889. The van der Waals surface area contributed by atoms with Gasteiger partial charge in [0, 0.05) is 50.7 Å². The van der Waals surface area contributed by atoms with E-state index >= 15 is 0 Å². The molecule has 0 bridgehead atoms. The van der Waals surface area contributed by atoms with E-state index in [1.54, 1.807) is 0 Å². The van der Waals surface area contributed by atoms with E-state index in [-0.39, 0.29) is 0 Å². The van der Waals surface area contributed by atoms with E-state index in [9.17, 15) is 0 Å². The molecule has 4 unspecified atom stereocenters. The average molecular weight is 644 g/mol. The summed E-state index contributed by atoms with van der Waals surface area (Å²) >= 11 is 0. The lowest BCUT2D eigenvalue weighted by Gasteiger charge is -2.32. The number of rotatable bonds is 5. The number of benzene rings is 5. The highest BCUT2D eigenvalue weighted by Gasteiger charge is 2.45. The predicted octanol–water partition coefficient (Wildman–Crippen LogP) is 10.0. The first-order valence-electron chi connectivity index (χ1n) is 17.3. The Bertz CT molecular complexity index is 2420. The van der Waals surface area contributed by atoms with E-state index in [0.29, 0.717) is 41.4 Å². The van der Waals surface area contributed by atoms with Gasteiger partial charge in [-0.1, -0.05) is 127 Å². The molecular formula is C45H33N5. The molecule has 2 aromatic heterocycles. The summed E-state index contributed by atoms with van der Waals surface area (Å²) in [5.74, 6) is 2.91. The molecule has 7 aromatic rings. The van der Waals surface area contributed by atoms with E-state index in [1.165, 1.54) is 27.5 Å². The minimum atomic E-state index is 0.334. The summed E-state index contributed by atoms with van der Waals surface area (Å²) in [6.45, 7) is 0. The quantitative estimate of drug-likeness (QED) is 0.187. The number of para-hydroxylation sites is 1. The van der Waals surface area contributed by atoms with Crippen LogP contribution in [0.25, 0.3) is 61.7 Å². The van der Waals surface area contributed by atoms with Crippen molar-refractivity contribution in [1.82, 2.24) is 19.5 Å². The lowest BCUT2D eigenvalue weighted by molar-refractivity contribution is 0.527. The second kappa shape index (κ2) is 11.7. The Hall–Kier alpha value is -6.33. The Kier molecular flexibility index (Phi) is 6.69. The molecule has 1 saturated heterocycles. The number of fused-ring (bicyclic) bond motifs is 6. The van der Waals surface area contributed by atoms with Crippen molar-refractivity contribution in [3.05, 3.63) is 176 Å². The standard InChI is InChI=1S/C45H33N5/c1-3-13-30(14-4-1)43-46-44(31-15-5-2-6-16-31)48-45(47-43)32-23-25-33(26-24-32)49-41-22-12-9-19-37(41)38-29-34(27-28-42(38)49)50-39-20-10-7-17-35(39)36-18-8-11-21-40(36)50/h1-29,35-36,39-40H. The first-order valence-corrected chi connectivity index (χ1v) is 17.3. The van der Waals surface area contributed by atoms with Gasteiger partial charge < -0.3 is 9.47 Å². The maximum absolute atomic E-state index is 4.94. The fourth-order valence-electron chi connectivity index (χ4n) is 8.13. The van der Waals surface area contributed by atoms with E-state index in [1.807, 2.05) is 60.7 Å². The third-order valence-electron chi connectivity index (χ3n) is 10.4. The lowest BCUT2D eigenvalue weighted by Crippen LogP contribution is -2.36. The topological polar surface area (TPSA) is 46.8 Å². The normalized spacial score (nSPS) is 20.4. The minimum absolute atomic E-state index is 0.334. The van der Waals surface area contributed by atoms with Gasteiger partial charge in [0.05, 0.1) is 23.1 Å². The molecule has 3 aliphatic rings. The van der Waals surface area contributed by atoms with E-state index < -0.39 is 0 Å². The molecule has 238 valence electrons. The molecule has 1 fully saturated rings. The molecule has 4 atom stereocenters. The molecule has 5 heteroatoms. The SMILES string of the molecule is C1=CC2C3C=CC=CC3N(c3ccc4c(c3)c3ccccc3n4-c3ccc(-c4nc(-c5ccccc5)nc(-c5ccccc5)n4)cc3)C2C=C1. The van der Waals surface area contributed by atoms with E-state index in [2.05, 4.69) is 125 Å². The van der Waals surface area contributed by atoms with Gasteiger partial charge in [0.2, 0.25) is 0 Å². The summed E-state index contributed by atoms with van der Waals surface area (Å²) in [4.78, 5) is 17.4.